The lowest BCUT2D eigenvalue weighted by atomic mass is 10.1. The van der Waals surface area contributed by atoms with Crippen LogP contribution in [0.5, 0.6) is 0 Å². The van der Waals surface area contributed by atoms with Gasteiger partial charge in [0, 0.05) is 19.3 Å². The molecule has 0 fully saturated rings. The lowest BCUT2D eigenvalue weighted by Crippen LogP contribution is -2.30. The molecule has 1 unspecified atom stereocenters. The predicted octanol–water partition coefficient (Wildman–Crippen LogP) is 16.3. The van der Waals surface area contributed by atoms with Gasteiger partial charge in [-0.05, 0) is 96.3 Å². The number of unbranched alkanes of at least 4 members (excludes halogenated alkanes) is 12. The number of esters is 3. The molecule has 6 nitrogen and oxygen atoms in total. The van der Waals surface area contributed by atoms with Crippen LogP contribution in [0.15, 0.2) is 134 Å². The van der Waals surface area contributed by atoms with Crippen molar-refractivity contribution in [2.45, 2.75) is 194 Å². The highest BCUT2D eigenvalue weighted by molar-refractivity contribution is 5.71. The molecule has 0 saturated heterocycles. The number of rotatable bonds is 42. The zero-order valence-electron chi connectivity index (χ0n) is 40.0. The van der Waals surface area contributed by atoms with E-state index < -0.39 is 6.10 Å². The van der Waals surface area contributed by atoms with Gasteiger partial charge in [0.15, 0.2) is 6.10 Å². The molecule has 0 aliphatic heterocycles. The number of hydrogen-bond donors (Lipinski definition) is 0. The second kappa shape index (κ2) is 50.2. The average molecular weight is 869 g/mol. The van der Waals surface area contributed by atoms with Gasteiger partial charge in [0.25, 0.3) is 0 Å². The van der Waals surface area contributed by atoms with E-state index in [1.54, 1.807) is 0 Å². The molecule has 0 heterocycles. The SMILES string of the molecule is CC\C=C/C=C\C=C/C=C\CCCCCCCC(=O)OC(COC(=O)CC/C=C\C/C=C\CCCCCCCC)COC(=O)CCC/C=C\C/C=C\C/C=C\C/C=C\C/C=C\CC. The summed E-state index contributed by atoms with van der Waals surface area (Å²) >= 11 is 0. The Kier molecular flexibility index (Phi) is 46.7. The normalized spacial score (nSPS) is 13.3. The lowest BCUT2D eigenvalue weighted by molar-refractivity contribution is -0.166. The van der Waals surface area contributed by atoms with E-state index in [4.69, 9.17) is 14.2 Å². The minimum absolute atomic E-state index is 0.139. The minimum atomic E-state index is -0.840. The van der Waals surface area contributed by atoms with Crippen molar-refractivity contribution >= 4 is 17.9 Å². The fraction of sp³-hybridized carbons (Fsp3) is 0.561. The monoisotopic (exact) mass is 869 g/mol. The molecule has 0 aliphatic carbocycles. The summed E-state index contributed by atoms with van der Waals surface area (Å²) in [5, 5.41) is 0. The Labute approximate surface area is 385 Å². The molecule has 0 bridgehead atoms. The summed E-state index contributed by atoms with van der Waals surface area (Å²) < 4.78 is 16.6. The molecule has 1 atom stereocenters. The van der Waals surface area contributed by atoms with Gasteiger partial charge in [0.05, 0.1) is 0 Å². The molecule has 352 valence electrons. The zero-order valence-corrected chi connectivity index (χ0v) is 40.0. The fourth-order valence-electron chi connectivity index (χ4n) is 6.07. The molecule has 0 aromatic heterocycles. The standard InChI is InChI=1S/C57H88O6/c1-4-7-10-13-16-19-22-25-27-28-30-32-35-38-41-44-47-50-56(59)62-53-54(52-61-55(58)49-46-43-40-37-34-31-24-21-18-15-12-9-6-3)63-57(60)51-48-45-42-39-36-33-29-26-23-20-17-14-11-8-5-2/h7-8,10-11,14,16-17,19-20,23,25-27,29-32,34,38,40-41,43,54H,4-6,9,12-13,15,18,21-22,24,28,33,35-37,39,42,44-53H2,1-3H3/b10-7-,11-8-,17-14-,19-16-,23-20-,27-25-,29-26-,32-30-,34-31-,41-38-,43-40-. The van der Waals surface area contributed by atoms with Crippen LogP contribution in [0.1, 0.15) is 188 Å². The Bertz CT molecular complexity index is 1420. The van der Waals surface area contributed by atoms with Gasteiger partial charge in [0.1, 0.15) is 13.2 Å². The summed E-state index contributed by atoms with van der Waals surface area (Å²) in [7, 11) is 0. The van der Waals surface area contributed by atoms with Gasteiger partial charge in [-0.1, -0.05) is 206 Å². The Hall–Kier alpha value is -4.45. The summed E-state index contributed by atoms with van der Waals surface area (Å²) in [6, 6.07) is 0. The first kappa shape index (κ1) is 58.6. The van der Waals surface area contributed by atoms with Crippen molar-refractivity contribution in [3.63, 3.8) is 0 Å². The highest BCUT2D eigenvalue weighted by Gasteiger charge is 2.19. The Morgan fingerprint density at radius 2 is 0.746 bits per heavy atom. The van der Waals surface area contributed by atoms with Gasteiger partial charge in [-0.15, -0.1) is 0 Å². The van der Waals surface area contributed by atoms with Crippen LogP contribution in [0, 0.1) is 0 Å². The van der Waals surface area contributed by atoms with Gasteiger partial charge in [-0.2, -0.15) is 0 Å². The second-order valence-electron chi connectivity index (χ2n) is 15.7. The van der Waals surface area contributed by atoms with Gasteiger partial charge < -0.3 is 14.2 Å². The molecule has 0 aromatic carbocycles. The molecular formula is C57H88O6. The third kappa shape index (κ3) is 48.4. The Morgan fingerprint density at radius 3 is 1.30 bits per heavy atom. The number of carbonyl (C=O) groups is 3. The first-order valence-corrected chi connectivity index (χ1v) is 24.7. The predicted molar refractivity (Wildman–Crippen MR) is 269 cm³/mol. The van der Waals surface area contributed by atoms with Crippen molar-refractivity contribution in [1.82, 2.24) is 0 Å². The molecule has 0 aliphatic rings. The van der Waals surface area contributed by atoms with Gasteiger partial charge in [0.2, 0.25) is 0 Å². The van der Waals surface area contributed by atoms with E-state index in [2.05, 4.69) is 124 Å². The number of ether oxygens (including phenoxy) is 3. The maximum atomic E-state index is 12.8. The molecule has 0 aromatic rings. The van der Waals surface area contributed by atoms with E-state index >= 15 is 0 Å². The second-order valence-corrected chi connectivity index (χ2v) is 15.7. The van der Waals surface area contributed by atoms with E-state index in [1.807, 2.05) is 30.4 Å². The van der Waals surface area contributed by atoms with Gasteiger partial charge in [-0.3, -0.25) is 14.4 Å². The molecule has 6 heteroatoms. The maximum absolute atomic E-state index is 12.8. The van der Waals surface area contributed by atoms with E-state index in [1.165, 1.54) is 38.5 Å². The summed E-state index contributed by atoms with van der Waals surface area (Å²) in [5.74, 6) is -1.10. The van der Waals surface area contributed by atoms with Crippen molar-refractivity contribution < 1.29 is 28.6 Å². The zero-order chi connectivity index (χ0) is 45.8. The van der Waals surface area contributed by atoms with Crippen LogP contribution < -0.4 is 0 Å². The van der Waals surface area contributed by atoms with Crippen LogP contribution in [0.3, 0.4) is 0 Å². The number of carbonyl (C=O) groups excluding carboxylic acids is 3. The molecule has 0 spiro atoms. The molecular weight excluding hydrogens is 781 g/mol. The van der Waals surface area contributed by atoms with E-state index in [0.29, 0.717) is 12.8 Å². The third-order valence-electron chi connectivity index (χ3n) is 9.73. The molecule has 0 radical (unpaired) electrons. The Balaban J connectivity index is 4.62. The average Bonchev–Trinajstić information content (AvgIpc) is 3.28. The lowest BCUT2D eigenvalue weighted by Gasteiger charge is -2.18. The molecule has 0 amide bonds. The Morgan fingerprint density at radius 1 is 0.349 bits per heavy atom. The van der Waals surface area contributed by atoms with Crippen LogP contribution in [-0.4, -0.2) is 37.2 Å². The molecule has 0 saturated carbocycles. The van der Waals surface area contributed by atoms with Crippen molar-refractivity contribution in [3.05, 3.63) is 134 Å². The topological polar surface area (TPSA) is 78.9 Å². The molecule has 63 heavy (non-hydrogen) atoms. The van der Waals surface area contributed by atoms with E-state index in [-0.39, 0.29) is 50.4 Å². The number of allylic oxidation sites excluding steroid dienone is 22. The van der Waals surface area contributed by atoms with Crippen LogP contribution in [0.4, 0.5) is 0 Å². The first-order chi connectivity index (χ1) is 31.0. The fourth-order valence-corrected chi connectivity index (χ4v) is 6.07. The summed E-state index contributed by atoms with van der Waals surface area (Å²) in [5.41, 5.74) is 0. The van der Waals surface area contributed by atoms with Crippen molar-refractivity contribution in [2.24, 2.45) is 0 Å². The minimum Gasteiger partial charge on any atom is -0.462 e. The highest BCUT2D eigenvalue weighted by Crippen LogP contribution is 2.11. The van der Waals surface area contributed by atoms with E-state index in [9.17, 15) is 14.4 Å². The van der Waals surface area contributed by atoms with Crippen molar-refractivity contribution in [3.8, 4) is 0 Å². The van der Waals surface area contributed by atoms with Gasteiger partial charge >= 0.3 is 17.9 Å². The smallest absolute Gasteiger partial charge is 0.306 e. The largest absolute Gasteiger partial charge is 0.462 e. The van der Waals surface area contributed by atoms with Crippen LogP contribution in [0.25, 0.3) is 0 Å². The van der Waals surface area contributed by atoms with Crippen molar-refractivity contribution in [1.29, 1.82) is 0 Å². The highest BCUT2D eigenvalue weighted by atomic mass is 16.6. The summed E-state index contributed by atoms with van der Waals surface area (Å²) in [6.07, 6.45) is 70.2. The number of hydrogen-bond acceptors (Lipinski definition) is 6. The molecule has 0 N–H and O–H groups in total. The van der Waals surface area contributed by atoms with Crippen LogP contribution in [0.2, 0.25) is 0 Å². The quantitative estimate of drug-likeness (QED) is 0.0200. The third-order valence-corrected chi connectivity index (χ3v) is 9.73. The van der Waals surface area contributed by atoms with Crippen molar-refractivity contribution in [2.75, 3.05) is 13.2 Å². The summed E-state index contributed by atoms with van der Waals surface area (Å²) in [4.78, 5) is 37.9. The maximum Gasteiger partial charge on any atom is 0.306 e. The van der Waals surface area contributed by atoms with E-state index in [0.717, 1.165) is 96.3 Å². The van der Waals surface area contributed by atoms with Gasteiger partial charge in [-0.25, -0.2) is 0 Å². The van der Waals surface area contributed by atoms with Crippen LogP contribution >= 0.6 is 0 Å². The first-order valence-electron chi connectivity index (χ1n) is 24.7. The van der Waals surface area contributed by atoms with Crippen LogP contribution in [-0.2, 0) is 28.6 Å². The molecule has 0 rings (SSSR count). The summed E-state index contributed by atoms with van der Waals surface area (Å²) in [6.45, 7) is 6.22.